The smallest absolute Gasteiger partial charge is 0.422 e. The number of anilines is 1. The first-order valence-electron chi connectivity index (χ1n) is 10.6. The minimum Gasteiger partial charge on any atom is -0.440 e. The lowest BCUT2D eigenvalue weighted by atomic mass is 10.1. The van der Waals surface area contributed by atoms with Gasteiger partial charge in [0.15, 0.2) is 12.4 Å². The lowest BCUT2D eigenvalue weighted by Gasteiger charge is -2.24. The molecule has 0 saturated carbocycles. The highest BCUT2D eigenvalue weighted by Crippen LogP contribution is 2.18. The maximum absolute atomic E-state index is 14.7. The number of nitrogens with two attached hydrogens (primary N) is 1. The number of halogens is 4. The molecule has 0 radical (unpaired) electrons. The highest BCUT2D eigenvalue weighted by atomic mass is 19.4. The molecular weight excluding hydrogens is 488 g/mol. The molecule has 0 aliphatic rings. The SMILES string of the molecule is CCN(Cc1ccc(C(=O)Nc2cccc(C(=N)N(N)C(C)CO)n2)c(F)c1)C(=O)OCC(F)(F)F. The van der Waals surface area contributed by atoms with Crippen LogP contribution in [0.25, 0.3) is 0 Å². The number of hydrogen-bond acceptors (Lipinski definition) is 7. The number of ether oxygens (including phenoxy) is 1. The van der Waals surface area contributed by atoms with Gasteiger partial charge in [-0.15, -0.1) is 0 Å². The van der Waals surface area contributed by atoms with Gasteiger partial charge >= 0.3 is 12.3 Å². The van der Waals surface area contributed by atoms with Crippen LogP contribution in [0.2, 0.25) is 0 Å². The van der Waals surface area contributed by atoms with Crippen LogP contribution in [0.4, 0.5) is 28.2 Å². The average Bonchev–Trinajstić information content (AvgIpc) is 2.84. The van der Waals surface area contributed by atoms with Gasteiger partial charge in [-0.3, -0.25) is 15.2 Å². The van der Waals surface area contributed by atoms with Crippen molar-refractivity contribution in [2.24, 2.45) is 5.84 Å². The van der Waals surface area contributed by atoms with Crippen molar-refractivity contribution in [3.8, 4) is 0 Å². The van der Waals surface area contributed by atoms with E-state index in [0.717, 1.165) is 22.0 Å². The van der Waals surface area contributed by atoms with Crippen molar-refractivity contribution < 1.29 is 37.0 Å². The van der Waals surface area contributed by atoms with Gasteiger partial charge in [0, 0.05) is 13.1 Å². The van der Waals surface area contributed by atoms with Crippen molar-refractivity contribution >= 4 is 23.7 Å². The zero-order valence-electron chi connectivity index (χ0n) is 19.5. The fraction of sp³-hybridized carbons (Fsp3) is 0.364. The van der Waals surface area contributed by atoms with E-state index in [9.17, 15) is 32.3 Å². The Morgan fingerprint density at radius 1 is 1.28 bits per heavy atom. The van der Waals surface area contributed by atoms with Crippen molar-refractivity contribution in [1.82, 2.24) is 14.9 Å². The molecule has 0 fully saturated rings. The highest BCUT2D eigenvalue weighted by molar-refractivity contribution is 6.04. The van der Waals surface area contributed by atoms with Crippen LogP contribution in [0.3, 0.4) is 0 Å². The van der Waals surface area contributed by atoms with Crippen molar-refractivity contribution in [2.75, 3.05) is 25.1 Å². The van der Waals surface area contributed by atoms with Crippen molar-refractivity contribution in [3.05, 3.63) is 59.0 Å². The molecule has 2 aromatic rings. The number of aliphatic hydroxyl groups is 1. The number of carbonyl (C=O) groups excluding carboxylic acids is 2. The van der Waals surface area contributed by atoms with Crippen LogP contribution in [-0.4, -0.2) is 69.8 Å². The largest absolute Gasteiger partial charge is 0.440 e. The van der Waals surface area contributed by atoms with Crippen LogP contribution in [0, 0.1) is 11.2 Å². The predicted octanol–water partition coefficient (Wildman–Crippen LogP) is 2.88. The summed E-state index contributed by atoms with van der Waals surface area (Å²) in [4.78, 5) is 29.5. The first-order valence-corrected chi connectivity index (χ1v) is 10.6. The average molecular weight is 514 g/mol. The summed E-state index contributed by atoms with van der Waals surface area (Å²) in [6.07, 6.45) is -5.88. The molecule has 0 saturated heterocycles. The van der Waals surface area contributed by atoms with E-state index < -0.39 is 36.6 Å². The third kappa shape index (κ3) is 7.88. The van der Waals surface area contributed by atoms with Gasteiger partial charge in [-0.1, -0.05) is 12.1 Å². The Bertz CT molecular complexity index is 1100. The van der Waals surface area contributed by atoms with Crippen LogP contribution in [0.15, 0.2) is 36.4 Å². The zero-order valence-corrected chi connectivity index (χ0v) is 19.5. The Morgan fingerprint density at radius 2 is 1.97 bits per heavy atom. The van der Waals surface area contributed by atoms with E-state index in [-0.39, 0.29) is 48.2 Å². The highest BCUT2D eigenvalue weighted by Gasteiger charge is 2.30. The second kappa shape index (κ2) is 12.3. The molecule has 1 unspecified atom stereocenters. The minimum absolute atomic E-state index is 0.00880. The Kier molecular flexibility index (Phi) is 9.69. The summed E-state index contributed by atoms with van der Waals surface area (Å²) in [5.41, 5.74) is -0.0222. The summed E-state index contributed by atoms with van der Waals surface area (Å²) < 4.78 is 55.7. The number of carbonyl (C=O) groups is 2. The molecule has 0 spiro atoms. The third-order valence-electron chi connectivity index (χ3n) is 4.88. The zero-order chi connectivity index (χ0) is 27.0. The molecule has 0 bridgehead atoms. The van der Waals surface area contributed by atoms with Gasteiger partial charge in [-0.2, -0.15) is 13.2 Å². The van der Waals surface area contributed by atoms with Crippen LogP contribution < -0.4 is 11.2 Å². The van der Waals surface area contributed by atoms with Gasteiger partial charge in [0.2, 0.25) is 0 Å². The third-order valence-corrected chi connectivity index (χ3v) is 4.88. The summed E-state index contributed by atoms with van der Waals surface area (Å²) in [5, 5.41) is 20.7. The van der Waals surface area contributed by atoms with Crippen LogP contribution in [0.1, 0.15) is 35.5 Å². The van der Waals surface area contributed by atoms with Gasteiger partial charge in [0.05, 0.1) is 18.2 Å². The monoisotopic (exact) mass is 514 g/mol. The number of nitrogens with one attached hydrogen (secondary N) is 2. The molecule has 5 N–H and O–H groups in total. The molecule has 36 heavy (non-hydrogen) atoms. The first kappa shape index (κ1) is 28.5. The maximum Gasteiger partial charge on any atom is 0.422 e. The summed E-state index contributed by atoms with van der Waals surface area (Å²) in [6.45, 7) is 0.845. The number of alkyl halides is 3. The number of aromatic nitrogens is 1. The number of hydrazine groups is 1. The fourth-order valence-corrected chi connectivity index (χ4v) is 2.86. The molecule has 10 nitrogen and oxygen atoms in total. The molecule has 196 valence electrons. The maximum atomic E-state index is 14.7. The van der Waals surface area contributed by atoms with E-state index in [1.165, 1.54) is 31.2 Å². The van der Waals surface area contributed by atoms with Crippen LogP contribution >= 0.6 is 0 Å². The van der Waals surface area contributed by atoms with E-state index >= 15 is 0 Å². The molecule has 14 heteroatoms. The van der Waals surface area contributed by atoms with Gasteiger partial charge in [0.1, 0.15) is 17.3 Å². The van der Waals surface area contributed by atoms with Crippen molar-refractivity contribution in [2.45, 2.75) is 32.6 Å². The Hall–Kier alpha value is -3.78. The van der Waals surface area contributed by atoms with E-state index in [4.69, 9.17) is 11.3 Å². The lowest BCUT2D eigenvalue weighted by Crippen LogP contribution is -2.46. The van der Waals surface area contributed by atoms with Gasteiger partial charge < -0.3 is 20.1 Å². The Balaban J connectivity index is 2.10. The number of amidine groups is 1. The Morgan fingerprint density at radius 3 is 2.56 bits per heavy atom. The Labute approximate surface area is 204 Å². The first-order chi connectivity index (χ1) is 16.9. The number of hydrogen-bond donors (Lipinski definition) is 4. The molecule has 0 aliphatic carbocycles. The summed E-state index contributed by atoms with van der Waals surface area (Å²) >= 11 is 0. The number of nitrogens with zero attached hydrogens (tertiary/aromatic N) is 3. The molecule has 1 aromatic heterocycles. The van der Waals surface area contributed by atoms with Crippen molar-refractivity contribution in [1.29, 1.82) is 5.41 Å². The van der Waals surface area contributed by atoms with E-state index in [1.54, 1.807) is 6.92 Å². The fourth-order valence-electron chi connectivity index (χ4n) is 2.86. The normalized spacial score (nSPS) is 12.0. The molecular formula is C22H26F4N6O4. The van der Waals surface area contributed by atoms with Gasteiger partial charge in [0.25, 0.3) is 5.91 Å². The van der Waals surface area contributed by atoms with Gasteiger partial charge in [-0.25, -0.2) is 20.0 Å². The summed E-state index contributed by atoms with van der Waals surface area (Å²) in [5.74, 6) is 3.79. The summed E-state index contributed by atoms with van der Waals surface area (Å²) in [6, 6.07) is 7.32. The summed E-state index contributed by atoms with van der Waals surface area (Å²) in [7, 11) is 0. The number of amides is 2. The quantitative estimate of drug-likeness (QED) is 0.132. The van der Waals surface area contributed by atoms with E-state index in [0.29, 0.717) is 0 Å². The molecule has 2 amide bonds. The van der Waals surface area contributed by atoms with Crippen molar-refractivity contribution in [3.63, 3.8) is 0 Å². The molecule has 1 heterocycles. The van der Waals surface area contributed by atoms with Crippen LogP contribution in [-0.2, 0) is 11.3 Å². The number of aliphatic hydroxyl groups excluding tert-OH is 1. The molecule has 0 aliphatic heterocycles. The van der Waals surface area contributed by atoms with E-state index in [1.807, 2.05) is 0 Å². The number of benzene rings is 1. The standard InChI is InChI=1S/C22H26F4N6O4/c1-3-31(21(35)36-12-22(24,25)26)10-14-7-8-15(16(23)9-14)20(34)30-18-6-4-5-17(29-18)19(27)32(28)13(2)11-33/h4-9,13,27,33H,3,10-12,28H2,1-2H3,(H,29,30,34). The number of pyridine rings is 1. The molecule has 1 atom stereocenters. The lowest BCUT2D eigenvalue weighted by molar-refractivity contribution is -0.162. The molecule has 1 aromatic carbocycles. The van der Waals surface area contributed by atoms with E-state index in [2.05, 4.69) is 15.0 Å². The predicted molar refractivity (Wildman–Crippen MR) is 121 cm³/mol. The van der Waals surface area contributed by atoms with Crippen LogP contribution in [0.5, 0.6) is 0 Å². The minimum atomic E-state index is -4.67. The second-order valence-electron chi connectivity index (χ2n) is 7.65. The van der Waals surface area contributed by atoms with Gasteiger partial charge in [-0.05, 0) is 43.7 Å². The number of rotatable bonds is 9. The molecule has 2 rings (SSSR count). The second-order valence-corrected chi connectivity index (χ2v) is 7.65. The topological polar surface area (TPSA) is 145 Å².